The van der Waals surface area contributed by atoms with Crippen LogP contribution in [0.25, 0.3) is 0 Å². The first-order valence-corrected chi connectivity index (χ1v) is 7.53. The van der Waals surface area contributed by atoms with Gasteiger partial charge in [-0.3, -0.25) is 4.21 Å². The third-order valence-electron chi connectivity index (χ3n) is 2.48. The van der Waals surface area contributed by atoms with Crippen molar-refractivity contribution in [2.75, 3.05) is 18.6 Å². The highest BCUT2D eigenvalue weighted by molar-refractivity contribution is 7.84. The zero-order chi connectivity index (χ0) is 14.3. The molecule has 19 heavy (non-hydrogen) atoms. The van der Waals surface area contributed by atoms with Gasteiger partial charge in [-0.1, -0.05) is 5.16 Å². The highest BCUT2D eigenvalue weighted by Crippen LogP contribution is 2.09. The first-order valence-electron chi connectivity index (χ1n) is 5.81. The van der Waals surface area contributed by atoms with Crippen molar-refractivity contribution < 1.29 is 13.8 Å². The van der Waals surface area contributed by atoms with E-state index in [-0.39, 0.29) is 5.84 Å². The van der Waals surface area contributed by atoms with Crippen LogP contribution in [0.15, 0.2) is 23.4 Å². The van der Waals surface area contributed by atoms with Crippen LogP contribution in [0.2, 0.25) is 0 Å². The SMILES string of the molecule is CS(=O)CCCNCc1cc(F)cc(/C(N)=N/O)c1. The lowest BCUT2D eigenvalue weighted by Gasteiger charge is -2.07. The maximum absolute atomic E-state index is 13.3. The Balaban J connectivity index is 2.54. The van der Waals surface area contributed by atoms with Gasteiger partial charge in [0, 0.05) is 34.9 Å². The quantitative estimate of drug-likeness (QED) is 0.227. The summed E-state index contributed by atoms with van der Waals surface area (Å²) in [6.45, 7) is 1.18. The van der Waals surface area contributed by atoms with Gasteiger partial charge >= 0.3 is 0 Å². The Morgan fingerprint density at radius 1 is 1.53 bits per heavy atom. The molecule has 4 N–H and O–H groups in total. The number of amidine groups is 1. The number of hydrogen-bond acceptors (Lipinski definition) is 4. The molecule has 0 bridgehead atoms. The first kappa shape index (κ1) is 15.6. The van der Waals surface area contributed by atoms with Crippen molar-refractivity contribution in [3.63, 3.8) is 0 Å². The fourth-order valence-electron chi connectivity index (χ4n) is 1.59. The van der Waals surface area contributed by atoms with Crippen LogP contribution in [0.1, 0.15) is 17.5 Å². The third-order valence-corrected chi connectivity index (χ3v) is 3.34. The molecule has 0 heterocycles. The molecule has 0 amide bonds. The summed E-state index contributed by atoms with van der Waals surface area (Å²) in [5.74, 6) is 0.0867. The number of nitrogens with zero attached hydrogens (tertiary/aromatic N) is 1. The van der Waals surface area contributed by atoms with Crippen LogP contribution < -0.4 is 11.1 Å². The first-order chi connectivity index (χ1) is 9.02. The molecule has 1 rings (SSSR count). The van der Waals surface area contributed by atoms with E-state index < -0.39 is 16.6 Å². The highest BCUT2D eigenvalue weighted by Gasteiger charge is 2.04. The minimum absolute atomic E-state index is 0.123. The second-order valence-corrected chi connectivity index (χ2v) is 5.70. The predicted octanol–water partition coefficient (Wildman–Crippen LogP) is 0.778. The van der Waals surface area contributed by atoms with Crippen molar-refractivity contribution in [1.82, 2.24) is 5.32 Å². The third kappa shape index (κ3) is 5.80. The van der Waals surface area contributed by atoms with E-state index in [1.165, 1.54) is 12.1 Å². The monoisotopic (exact) mass is 287 g/mol. The second-order valence-electron chi connectivity index (χ2n) is 4.14. The second kappa shape index (κ2) is 7.85. The molecule has 1 unspecified atom stereocenters. The van der Waals surface area contributed by atoms with Crippen molar-refractivity contribution in [2.24, 2.45) is 10.9 Å². The molecule has 0 aliphatic rings. The minimum Gasteiger partial charge on any atom is -0.409 e. The Morgan fingerprint density at radius 3 is 2.89 bits per heavy atom. The van der Waals surface area contributed by atoms with Gasteiger partial charge in [-0.2, -0.15) is 0 Å². The van der Waals surface area contributed by atoms with Gasteiger partial charge in [0.1, 0.15) is 5.82 Å². The largest absolute Gasteiger partial charge is 0.409 e. The topological polar surface area (TPSA) is 87.7 Å². The average molecular weight is 287 g/mol. The number of rotatable bonds is 7. The van der Waals surface area contributed by atoms with Gasteiger partial charge in [-0.05, 0) is 36.7 Å². The standard InChI is InChI=1S/C12H18FN3O2S/c1-19(18)4-2-3-15-8-9-5-10(12(14)16-17)7-11(13)6-9/h5-7,15,17H,2-4,8H2,1H3,(H2,14,16). The molecule has 0 saturated carbocycles. The lowest BCUT2D eigenvalue weighted by molar-refractivity contribution is 0.318. The van der Waals surface area contributed by atoms with Gasteiger partial charge < -0.3 is 16.3 Å². The van der Waals surface area contributed by atoms with Crippen LogP contribution in [-0.4, -0.2) is 33.8 Å². The Labute approximate surface area is 114 Å². The zero-order valence-electron chi connectivity index (χ0n) is 10.7. The summed E-state index contributed by atoms with van der Waals surface area (Å²) >= 11 is 0. The summed E-state index contributed by atoms with van der Waals surface area (Å²) in [4.78, 5) is 0. The van der Waals surface area contributed by atoms with Crippen molar-refractivity contribution in [3.8, 4) is 0 Å². The van der Waals surface area contributed by atoms with Gasteiger partial charge in [0.2, 0.25) is 0 Å². The van der Waals surface area contributed by atoms with E-state index in [9.17, 15) is 8.60 Å². The summed E-state index contributed by atoms with van der Waals surface area (Å²) in [6.07, 6.45) is 2.46. The molecule has 7 heteroatoms. The van der Waals surface area contributed by atoms with E-state index in [1.54, 1.807) is 12.3 Å². The Bertz CT molecular complexity index is 480. The van der Waals surface area contributed by atoms with Gasteiger partial charge in [0.25, 0.3) is 0 Å². The summed E-state index contributed by atoms with van der Waals surface area (Å²) in [6, 6.07) is 4.25. The lowest BCUT2D eigenvalue weighted by atomic mass is 10.1. The van der Waals surface area contributed by atoms with Crippen molar-refractivity contribution >= 4 is 16.6 Å². The summed E-state index contributed by atoms with van der Waals surface area (Å²) in [5.41, 5.74) is 6.47. The van der Waals surface area contributed by atoms with Gasteiger partial charge in [0.15, 0.2) is 5.84 Å². The molecule has 106 valence electrons. The van der Waals surface area contributed by atoms with Crippen LogP contribution in [0.3, 0.4) is 0 Å². The summed E-state index contributed by atoms with van der Waals surface area (Å²) in [5, 5.41) is 14.5. The van der Waals surface area contributed by atoms with Gasteiger partial charge in [0.05, 0.1) is 0 Å². The van der Waals surface area contributed by atoms with Gasteiger partial charge in [-0.15, -0.1) is 0 Å². The molecule has 1 atom stereocenters. The Morgan fingerprint density at radius 2 is 2.26 bits per heavy atom. The predicted molar refractivity (Wildman–Crippen MR) is 74.2 cm³/mol. The normalized spacial score (nSPS) is 13.5. The summed E-state index contributed by atoms with van der Waals surface area (Å²) < 4.78 is 24.2. The molecule has 1 aromatic carbocycles. The number of nitrogens with two attached hydrogens (primary N) is 1. The molecule has 0 aliphatic heterocycles. The van der Waals surface area contributed by atoms with Crippen LogP contribution in [-0.2, 0) is 17.3 Å². The number of benzene rings is 1. The highest BCUT2D eigenvalue weighted by atomic mass is 32.2. The molecule has 0 aromatic heterocycles. The van der Waals surface area contributed by atoms with Crippen LogP contribution in [0, 0.1) is 5.82 Å². The van der Waals surface area contributed by atoms with Crippen LogP contribution in [0.5, 0.6) is 0 Å². The number of nitrogens with one attached hydrogen (secondary N) is 1. The lowest BCUT2D eigenvalue weighted by Crippen LogP contribution is -2.18. The molecule has 1 aromatic rings. The van der Waals surface area contributed by atoms with E-state index >= 15 is 0 Å². The molecule has 0 spiro atoms. The van der Waals surface area contributed by atoms with Crippen molar-refractivity contribution in [1.29, 1.82) is 0 Å². The number of hydrogen-bond donors (Lipinski definition) is 3. The molecular weight excluding hydrogens is 269 g/mol. The maximum atomic E-state index is 13.3. The molecule has 0 aliphatic carbocycles. The number of oxime groups is 1. The molecular formula is C12H18FN3O2S. The fraction of sp³-hybridized carbons (Fsp3) is 0.417. The van der Waals surface area contributed by atoms with Gasteiger partial charge in [-0.25, -0.2) is 4.39 Å². The number of halogens is 1. The van der Waals surface area contributed by atoms with E-state index in [1.807, 2.05) is 0 Å². The van der Waals surface area contributed by atoms with E-state index in [0.29, 0.717) is 30.0 Å². The van der Waals surface area contributed by atoms with Crippen molar-refractivity contribution in [3.05, 3.63) is 35.1 Å². The smallest absolute Gasteiger partial charge is 0.170 e. The average Bonchev–Trinajstić information content (AvgIpc) is 2.36. The van der Waals surface area contributed by atoms with E-state index in [4.69, 9.17) is 10.9 Å². The van der Waals surface area contributed by atoms with Crippen molar-refractivity contribution in [2.45, 2.75) is 13.0 Å². The Hall–Kier alpha value is -1.47. The fourth-order valence-corrected chi connectivity index (χ4v) is 2.14. The minimum atomic E-state index is -0.788. The van der Waals surface area contributed by atoms with Crippen LogP contribution in [0.4, 0.5) is 4.39 Å². The molecule has 5 nitrogen and oxygen atoms in total. The zero-order valence-corrected chi connectivity index (χ0v) is 11.5. The molecule has 0 fully saturated rings. The Kier molecular flexibility index (Phi) is 6.44. The van der Waals surface area contributed by atoms with E-state index in [0.717, 1.165) is 6.42 Å². The molecule has 0 radical (unpaired) electrons. The van der Waals surface area contributed by atoms with Crippen LogP contribution >= 0.6 is 0 Å². The van der Waals surface area contributed by atoms with E-state index in [2.05, 4.69) is 10.5 Å². The molecule has 0 saturated heterocycles. The maximum Gasteiger partial charge on any atom is 0.170 e. The summed E-state index contributed by atoms with van der Waals surface area (Å²) in [7, 11) is -0.788.